The van der Waals surface area contributed by atoms with Gasteiger partial charge in [-0.3, -0.25) is 0 Å². The zero-order chi connectivity index (χ0) is 9.68. The molecule has 1 rings (SSSR count). The summed E-state index contributed by atoms with van der Waals surface area (Å²) < 4.78 is 0. The van der Waals surface area contributed by atoms with E-state index in [0.29, 0.717) is 23.7 Å². The van der Waals surface area contributed by atoms with Gasteiger partial charge in [0.1, 0.15) is 5.75 Å². The Labute approximate surface area is 81.6 Å². The van der Waals surface area contributed by atoms with Crippen molar-refractivity contribution in [2.45, 2.75) is 6.42 Å². The van der Waals surface area contributed by atoms with Crippen molar-refractivity contribution < 1.29 is 5.11 Å². The summed E-state index contributed by atoms with van der Waals surface area (Å²) in [6, 6.07) is 6.73. The van der Waals surface area contributed by atoms with E-state index in [9.17, 15) is 5.11 Å². The monoisotopic (exact) mass is 196 g/mol. The highest BCUT2D eigenvalue weighted by atomic mass is 35.5. The molecule has 0 amide bonds. The van der Waals surface area contributed by atoms with Crippen LogP contribution in [-0.2, 0) is 0 Å². The number of rotatable bonds is 3. The van der Waals surface area contributed by atoms with E-state index in [1.807, 2.05) is 6.07 Å². The maximum Gasteiger partial charge on any atom is 0.138 e. The topological polar surface area (TPSA) is 56.0 Å². The van der Waals surface area contributed by atoms with E-state index < -0.39 is 0 Å². The number of halogens is 1. The van der Waals surface area contributed by atoms with Crippen LogP contribution in [0.5, 0.6) is 5.75 Å². The molecule has 0 spiro atoms. The molecule has 0 bridgehead atoms. The second kappa shape index (κ2) is 4.58. The van der Waals surface area contributed by atoms with Gasteiger partial charge in [0, 0.05) is 11.6 Å². The van der Waals surface area contributed by atoms with E-state index in [4.69, 9.17) is 16.9 Å². The van der Waals surface area contributed by atoms with Crippen LogP contribution in [0.2, 0.25) is 5.02 Å². The van der Waals surface area contributed by atoms with Crippen molar-refractivity contribution in [3.8, 4) is 11.8 Å². The second-order valence-corrected chi connectivity index (χ2v) is 2.93. The molecule has 0 saturated carbocycles. The average molecular weight is 197 g/mol. The molecular formula is C9H9ClN2O. The van der Waals surface area contributed by atoms with Crippen molar-refractivity contribution in [3.05, 3.63) is 23.2 Å². The van der Waals surface area contributed by atoms with Crippen molar-refractivity contribution in [3.63, 3.8) is 0 Å². The van der Waals surface area contributed by atoms with E-state index in [-0.39, 0.29) is 5.75 Å². The van der Waals surface area contributed by atoms with Crippen molar-refractivity contribution in [2.75, 3.05) is 11.9 Å². The number of hydrogen-bond acceptors (Lipinski definition) is 3. The minimum absolute atomic E-state index is 0.141. The summed E-state index contributed by atoms with van der Waals surface area (Å²) in [7, 11) is 0. The molecule has 0 aliphatic rings. The van der Waals surface area contributed by atoms with Crippen molar-refractivity contribution >= 4 is 17.3 Å². The molecule has 1 aromatic carbocycles. The van der Waals surface area contributed by atoms with Crippen molar-refractivity contribution in [1.29, 1.82) is 5.26 Å². The van der Waals surface area contributed by atoms with Gasteiger partial charge in [0.05, 0.1) is 18.2 Å². The van der Waals surface area contributed by atoms with Gasteiger partial charge in [0.15, 0.2) is 0 Å². The molecule has 0 fully saturated rings. The quantitative estimate of drug-likeness (QED) is 0.577. The van der Waals surface area contributed by atoms with Gasteiger partial charge in [-0.05, 0) is 18.2 Å². The van der Waals surface area contributed by atoms with Crippen LogP contribution >= 0.6 is 11.6 Å². The summed E-state index contributed by atoms with van der Waals surface area (Å²) in [5.74, 6) is 0.141. The van der Waals surface area contributed by atoms with Gasteiger partial charge in [-0.25, -0.2) is 0 Å². The molecule has 4 heteroatoms. The number of nitrogens with zero attached hydrogens (tertiary/aromatic N) is 1. The summed E-state index contributed by atoms with van der Waals surface area (Å²) in [4.78, 5) is 0. The Kier molecular flexibility index (Phi) is 3.41. The van der Waals surface area contributed by atoms with Crippen LogP contribution in [0.15, 0.2) is 18.2 Å². The Morgan fingerprint density at radius 2 is 2.31 bits per heavy atom. The molecule has 0 unspecified atom stereocenters. The number of phenolic OH excluding ortho intramolecular Hbond substituents is 1. The SMILES string of the molecule is N#CCCNc1cc(Cl)ccc1O. The molecule has 0 aliphatic carbocycles. The Bertz CT molecular complexity index is 333. The van der Waals surface area contributed by atoms with E-state index in [0.717, 1.165) is 0 Å². The molecule has 68 valence electrons. The highest BCUT2D eigenvalue weighted by molar-refractivity contribution is 6.30. The lowest BCUT2D eigenvalue weighted by molar-refractivity contribution is 0.477. The van der Waals surface area contributed by atoms with Crippen LogP contribution in [0.1, 0.15) is 6.42 Å². The van der Waals surface area contributed by atoms with E-state index in [1.54, 1.807) is 12.1 Å². The molecule has 3 nitrogen and oxygen atoms in total. The Morgan fingerprint density at radius 1 is 1.54 bits per heavy atom. The standard InChI is InChI=1S/C9H9ClN2O/c10-7-2-3-9(13)8(6-7)12-5-1-4-11/h2-3,6,12-13H,1,5H2. The van der Waals surface area contributed by atoms with Crippen LogP contribution < -0.4 is 5.32 Å². The second-order valence-electron chi connectivity index (χ2n) is 2.50. The first-order valence-electron chi connectivity index (χ1n) is 3.83. The number of benzene rings is 1. The zero-order valence-electron chi connectivity index (χ0n) is 6.92. The fraction of sp³-hybridized carbons (Fsp3) is 0.222. The molecule has 0 atom stereocenters. The van der Waals surface area contributed by atoms with Gasteiger partial charge < -0.3 is 10.4 Å². The largest absolute Gasteiger partial charge is 0.506 e. The van der Waals surface area contributed by atoms with Gasteiger partial charge in [0.25, 0.3) is 0 Å². The van der Waals surface area contributed by atoms with Gasteiger partial charge in [-0.1, -0.05) is 11.6 Å². The molecule has 0 heterocycles. The van der Waals surface area contributed by atoms with Crippen LogP contribution in [0, 0.1) is 11.3 Å². The predicted octanol–water partition coefficient (Wildman–Crippen LogP) is 2.37. The van der Waals surface area contributed by atoms with Gasteiger partial charge in [0.2, 0.25) is 0 Å². The average Bonchev–Trinajstić information content (AvgIpc) is 2.11. The predicted molar refractivity (Wildman–Crippen MR) is 51.8 cm³/mol. The molecule has 1 aromatic rings. The number of nitriles is 1. The van der Waals surface area contributed by atoms with Gasteiger partial charge >= 0.3 is 0 Å². The van der Waals surface area contributed by atoms with Crippen LogP contribution in [0.4, 0.5) is 5.69 Å². The molecule has 13 heavy (non-hydrogen) atoms. The minimum Gasteiger partial charge on any atom is -0.506 e. The zero-order valence-corrected chi connectivity index (χ0v) is 7.67. The third-order valence-corrected chi connectivity index (χ3v) is 1.75. The maximum absolute atomic E-state index is 9.33. The van der Waals surface area contributed by atoms with Crippen molar-refractivity contribution in [2.24, 2.45) is 0 Å². The molecule has 0 radical (unpaired) electrons. The van der Waals surface area contributed by atoms with Crippen LogP contribution in [0.25, 0.3) is 0 Å². The Balaban J connectivity index is 2.65. The molecular weight excluding hydrogens is 188 g/mol. The highest BCUT2D eigenvalue weighted by Gasteiger charge is 1.99. The number of hydrogen-bond donors (Lipinski definition) is 2. The van der Waals surface area contributed by atoms with Crippen molar-refractivity contribution in [1.82, 2.24) is 0 Å². The lowest BCUT2D eigenvalue weighted by atomic mass is 10.3. The summed E-state index contributed by atoms with van der Waals surface area (Å²) in [5, 5.41) is 21.1. The fourth-order valence-electron chi connectivity index (χ4n) is 0.903. The molecule has 0 aromatic heterocycles. The smallest absolute Gasteiger partial charge is 0.138 e. The van der Waals surface area contributed by atoms with E-state index in [2.05, 4.69) is 5.32 Å². The number of nitrogens with one attached hydrogen (secondary N) is 1. The first-order valence-corrected chi connectivity index (χ1v) is 4.21. The van der Waals surface area contributed by atoms with E-state index in [1.165, 1.54) is 6.07 Å². The number of anilines is 1. The third-order valence-electron chi connectivity index (χ3n) is 1.51. The highest BCUT2D eigenvalue weighted by Crippen LogP contribution is 2.26. The summed E-state index contributed by atoms with van der Waals surface area (Å²) in [6.07, 6.45) is 0.395. The van der Waals surface area contributed by atoms with Crippen LogP contribution in [0.3, 0.4) is 0 Å². The minimum atomic E-state index is 0.141. The first kappa shape index (κ1) is 9.69. The third kappa shape index (κ3) is 2.85. The molecule has 2 N–H and O–H groups in total. The summed E-state index contributed by atoms with van der Waals surface area (Å²) >= 11 is 5.71. The van der Waals surface area contributed by atoms with Gasteiger partial charge in [-0.2, -0.15) is 5.26 Å². The Hall–Kier alpha value is -1.40. The summed E-state index contributed by atoms with van der Waals surface area (Å²) in [5.41, 5.74) is 0.558. The lowest BCUT2D eigenvalue weighted by Crippen LogP contribution is -2.00. The normalized spacial score (nSPS) is 9.23. The Morgan fingerprint density at radius 3 is 3.00 bits per heavy atom. The number of phenols is 1. The fourth-order valence-corrected chi connectivity index (χ4v) is 1.08. The summed E-state index contributed by atoms with van der Waals surface area (Å²) in [6.45, 7) is 0.504. The number of aromatic hydroxyl groups is 1. The maximum atomic E-state index is 9.33. The first-order chi connectivity index (χ1) is 6.24. The lowest BCUT2D eigenvalue weighted by Gasteiger charge is -2.06. The molecule has 0 aliphatic heterocycles. The van der Waals surface area contributed by atoms with Crippen LogP contribution in [-0.4, -0.2) is 11.7 Å². The van der Waals surface area contributed by atoms with E-state index >= 15 is 0 Å². The van der Waals surface area contributed by atoms with Gasteiger partial charge in [-0.15, -0.1) is 0 Å². The molecule has 0 saturated heterocycles.